The first-order valence-electron chi connectivity index (χ1n) is 10.7. The molecule has 0 aliphatic rings. The summed E-state index contributed by atoms with van der Waals surface area (Å²) in [7, 11) is 0. The van der Waals surface area contributed by atoms with E-state index in [1.165, 1.54) is 39.8 Å². The predicted octanol–water partition coefficient (Wildman–Crippen LogP) is 9.39. The minimum atomic E-state index is 0. The van der Waals surface area contributed by atoms with Crippen LogP contribution in [0.2, 0.25) is 0 Å². The van der Waals surface area contributed by atoms with E-state index in [1.54, 1.807) is 0 Å². The molecule has 30 heavy (non-hydrogen) atoms. The van der Waals surface area contributed by atoms with Crippen molar-refractivity contribution in [2.24, 2.45) is 0 Å². The van der Waals surface area contributed by atoms with Crippen LogP contribution in [0, 0.1) is 13.8 Å². The average Bonchev–Trinajstić information content (AvgIpc) is 2.72. The van der Waals surface area contributed by atoms with Gasteiger partial charge in [0, 0.05) is 0 Å². The third kappa shape index (κ3) is 12.3. The van der Waals surface area contributed by atoms with Gasteiger partial charge in [0.1, 0.15) is 0 Å². The summed E-state index contributed by atoms with van der Waals surface area (Å²) in [4.78, 5) is 0. The van der Waals surface area contributed by atoms with E-state index in [1.807, 2.05) is 0 Å². The predicted molar refractivity (Wildman–Crippen MR) is 140 cm³/mol. The van der Waals surface area contributed by atoms with E-state index in [0.29, 0.717) is 0 Å². The Hall–Kier alpha value is -2.34. The standard InChI is InChI=1S/C15H16.C10H14.C3H8.2CH4/c1-12-3-7-14(8-4-12)11-15-9-5-13(2)6-10-15;1-3-9-6-5-7-10(4-2)8-9;1-3-2;;/h3-10H,11H2,1-2H3;5-8H,3-4H2,1-2H3;3H2,1-2H3;2*1H4. The Labute approximate surface area is 188 Å². The summed E-state index contributed by atoms with van der Waals surface area (Å²) >= 11 is 0. The zero-order valence-electron chi connectivity index (χ0n) is 18.8. The molecule has 0 aromatic heterocycles. The van der Waals surface area contributed by atoms with Crippen LogP contribution in [0.4, 0.5) is 0 Å². The molecular weight excluding hydrogens is 360 g/mol. The molecule has 0 atom stereocenters. The fraction of sp³-hybridized carbons (Fsp3) is 0.400. The average molecular weight is 407 g/mol. The molecule has 0 heteroatoms. The normalized spacial score (nSPS) is 9.00. The summed E-state index contributed by atoms with van der Waals surface area (Å²) < 4.78 is 0. The molecular formula is C30H46. The van der Waals surface area contributed by atoms with Crippen LogP contribution in [0.15, 0.2) is 72.8 Å². The number of benzene rings is 3. The molecule has 0 amide bonds. The van der Waals surface area contributed by atoms with Gasteiger partial charge in [-0.3, -0.25) is 0 Å². The first-order chi connectivity index (χ1) is 13.5. The van der Waals surface area contributed by atoms with Crippen molar-refractivity contribution in [1.29, 1.82) is 0 Å². The Bertz CT molecular complexity index is 701. The lowest BCUT2D eigenvalue weighted by Gasteiger charge is -2.03. The van der Waals surface area contributed by atoms with Crippen molar-refractivity contribution in [3.05, 3.63) is 106 Å². The van der Waals surface area contributed by atoms with Crippen LogP contribution in [0.3, 0.4) is 0 Å². The second-order valence-electron chi connectivity index (χ2n) is 7.38. The molecule has 0 saturated carbocycles. The molecule has 3 rings (SSSR count). The van der Waals surface area contributed by atoms with Gasteiger partial charge in [-0.15, -0.1) is 0 Å². The highest BCUT2D eigenvalue weighted by molar-refractivity contribution is 5.29. The van der Waals surface area contributed by atoms with E-state index in [4.69, 9.17) is 0 Å². The quantitative estimate of drug-likeness (QED) is 0.405. The van der Waals surface area contributed by atoms with E-state index >= 15 is 0 Å². The summed E-state index contributed by atoms with van der Waals surface area (Å²) in [5.41, 5.74) is 8.29. The Morgan fingerprint density at radius 3 is 1.13 bits per heavy atom. The first-order valence-corrected chi connectivity index (χ1v) is 10.7. The molecule has 0 spiro atoms. The lowest BCUT2D eigenvalue weighted by molar-refractivity contribution is 1.09. The number of rotatable bonds is 4. The third-order valence-corrected chi connectivity index (χ3v) is 4.46. The van der Waals surface area contributed by atoms with E-state index < -0.39 is 0 Å². The zero-order chi connectivity index (χ0) is 20.8. The molecule has 0 radical (unpaired) electrons. The molecule has 0 aliphatic heterocycles. The SMILES string of the molecule is C.C.CCC.CCc1cccc(CC)c1.Cc1ccc(Cc2ccc(C)cc2)cc1. The molecule has 0 saturated heterocycles. The van der Waals surface area contributed by atoms with Crippen LogP contribution in [0.1, 0.15) is 82.3 Å². The fourth-order valence-corrected chi connectivity index (χ4v) is 2.72. The molecule has 166 valence electrons. The second-order valence-corrected chi connectivity index (χ2v) is 7.38. The Morgan fingerprint density at radius 2 is 0.833 bits per heavy atom. The maximum atomic E-state index is 2.28. The van der Waals surface area contributed by atoms with Gasteiger partial charge in [0.05, 0.1) is 0 Å². The van der Waals surface area contributed by atoms with Gasteiger partial charge in [-0.25, -0.2) is 0 Å². The largest absolute Gasteiger partial charge is 0.0776 e. The van der Waals surface area contributed by atoms with Crippen molar-refractivity contribution in [1.82, 2.24) is 0 Å². The molecule has 0 aliphatic carbocycles. The summed E-state index contributed by atoms with van der Waals surface area (Å²) in [6.45, 7) is 12.9. The van der Waals surface area contributed by atoms with Crippen LogP contribution in [0.5, 0.6) is 0 Å². The highest BCUT2D eigenvalue weighted by Gasteiger charge is 1.95. The van der Waals surface area contributed by atoms with Gasteiger partial charge < -0.3 is 0 Å². The van der Waals surface area contributed by atoms with Crippen molar-refractivity contribution < 1.29 is 0 Å². The Balaban J connectivity index is 0. The number of aryl methyl sites for hydroxylation is 4. The number of hydrogen-bond donors (Lipinski definition) is 0. The first kappa shape index (κ1) is 29.9. The van der Waals surface area contributed by atoms with Crippen molar-refractivity contribution in [3.8, 4) is 0 Å². The molecule has 0 nitrogen and oxygen atoms in total. The van der Waals surface area contributed by atoms with Crippen LogP contribution >= 0.6 is 0 Å². The summed E-state index contributed by atoms with van der Waals surface area (Å²) in [6.07, 6.45) is 4.57. The van der Waals surface area contributed by atoms with Gasteiger partial charge >= 0.3 is 0 Å². The molecule has 3 aromatic rings. The van der Waals surface area contributed by atoms with Crippen LogP contribution in [-0.4, -0.2) is 0 Å². The maximum Gasteiger partial charge on any atom is -0.00258 e. The molecule has 0 heterocycles. The van der Waals surface area contributed by atoms with Crippen molar-refractivity contribution >= 4 is 0 Å². The lowest BCUT2D eigenvalue weighted by atomic mass is 10.0. The van der Waals surface area contributed by atoms with Gasteiger partial charge in [0.25, 0.3) is 0 Å². The molecule has 3 aromatic carbocycles. The second kappa shape index (κ2) is 17.5. The lowest BCUT2D eigenvalue weighted by Crippen LogP contribution is -1.88. The van der Waals surface area contributed by atoms with E-state index in [0.717, 1.165) is 19.3 Å². The van der Waals surface area contributed by atoms with Crippen LogP contribution in [-0.2, 0) is 19.3 Å². The zero-order valence-corrected chi connectivity index (χ0v) is 18.8. The smallest absolute Gasteiger partial charge is 0.00258 e. The van der Waals surface area contributed by atoms with E-state index in [-0.39, 0.29) is 14.9 Å². The molecule has 0 N–H and O–H groups in total. The molecule has 0 fully saturated rings. The van der Waals surface area contributed by atoms with Crippen molar-refractivity contribution in [3.63, 3.8) is 0 Å². The van der Waals surface area contributed by atoms with Gasteiger partial charge in [-0.2, -0.15) is 0 Å². The van der Waals surface area contributed by atoms with Crippen LogP contribution < -0.4 is 0 Å². The van der Waals surface area contributed by atoms with Crippen LogP contribution in [0.25, 0.3) is 0 Å². The Kier molecular flexibility index (Phi) is 17.4. The van der Waals surface area contributed by atoms with Gasteiger partial charge in [-0.1, -0.05) is 133 Å². The van der Waals surface area contributed by atoms with Gasteiger partial charge in [-0.05, 0) is 55.4 Å². The Morgan fingerprint density at radius 1 is 0.500 bits per heavy atom. The summed E-state index contributed by atoms with van der Waals surface area (Å²) in [6, 6.07) is 26.3. The molecule has 0 bridgehead atoms. The van der Waals surface area contributed by atoms with E-state index in [2.05, 4.69) is 114 Å². The maximum absolute atomic E-state index is 2.28. The van der Waals surface area contributed by atoms with Crippen molar-refractivity contribution in [2.75, 3.05) is 0 Å². The minimum Gasteiger partial charge on any atom is -0.0776 e. The third-order valence-electron chi connectivity index (χ3n) is 4.46. The summed E-state index contributed by atoms with van der Waals surface area (Å²) in [5.74, 6) is 0. The van der Waals surface area contributed by atoms with Gasteiger partial charge in [0.15, 0.2) is 0 Å². The van der Waals surface area contributed by atoms with Gasteiger partial charge in [0.2, 0.25) is 0 Å². The van der Waals surface area contributed by atoms with E-state index in [9.17, 15) is 0 Å². The molecule has 0 unspecified atom stereocenters. The van der Waals surface area contributed by atoms with Crippen molar-refractivity contribution in [2.45, 2.75) is 82.1 Å². The topological polar surface area (TPSA) is 0 Å². The number of hydrogen-bond acceptors (Lipinski definition) is 0. The highest BCUT2D eigenvalue weighted by Crippen LogP contribution is 2.11. The monoisotopic (exact) mass is 406 g/mol. The fourth-order valence-electron chi connectivity index (χ4n) is 2.72. The summed E-state index contributed by atoms with van der Waals surface area (Å²) in [5, 5.41) is 0. The minimum absolute atomic E-state index is 0. The highest BCUT2D eigenvalue weighted by atomic mass is 14.0.